The van der Waals surface area contributed by atoms with Crippen LogP contribution >= 0.6 is 15.9 Å². The average molecular weight is 367 g/mol. The van der Waals surface area contributed by atoms with E-state index < -0.39 is 4.92 Å². The zero-order valence-electron chi connectivity index (χ0n) is 11.9. The van der Waals surface area contributed by atoms with Gasteiger partial charge in [-0.15, -0.1) is 0 Å². The predicted octanol–water partition coefficient (Wildman–Crippen LogP) is 4.13. The second-order valence-corrected chi connectivity index (χ2v) is 5.32. The van der Waals surface area contributed by atoms with Crippen molar-refractivity contribution in [1.29, 1.82) is 0 Å². The van der Waals surface area contributed by atoms with Gasteiger partial charge in [0.05, 0.1) is 11.5 Å². The van der Waals surface area contributed by atoms with Crippen LogP contribution in [0, 0.1) is 10.1 Å². The van der Waals surface area contributed by atoms with Crippen molar-refractivity contribution in [3.8, 4) is 5.75 Å². The summed E-state index contributed by atoms with van der Waals surface area (Å²) in [6.07, 6.45) is 0. The molecule has 2 aromatic carbocycles. The summed E-state index contributed by atoms with van der Waals surface area (Å²) in [6, 6.07) is 11.9. The van der Waals surface area contributed by atoms with E-state index in [4.69, 9.17) is 9.47 Å². The summed E-state index contributed by atoms with van der Waals surface area (Å²) in [5, 5.41) is 14.1. The third-order valence-electron chi connectivity index (χ3n) is 2.84. The number of hydrogen-bond donors (Lipinski definition) is 1. The summed E-state index contributed by atoms with van der Waals surface area (Å²) in [5.74, 6) is 0.714. The lowest BCUT2D eigenvalue weighted by Gasteiger charge is -2.09. The molecule has 0 bridgehead atoms. The minimum Gasteiger partial charge on any atom is -0.491 e. The Morgan fingerprint density at radius 2 is 1.91 bits per heavy atom. The molecule has 0 saturated heterocycles. The molecule has 0 fully saturated rings. The van der Waals surface area contributed by atoms with Crippen LogP contribution < -0.4 is 10.1 Å². The molecule has 116 valence electrons. The highest BCUT2D eigenvalue weighted by atomic mass is 79.9. The molecule has 0 unspecified atom stereocenters. The van der Waals surface area contributed by atoms with Crippen LogP contribution in [0.25, 0.3) is 0 Å². The molecule has 0 spiro atoms. The van der Waals surface area contributed by atoms with Crippen molar-refractivity contribution in [2.45, 2.75) is 0 Å². The number of nitro groups is 1. The van der Waals surface area contributed by atoms with Gasteiger partial charge in [-0.3, -0.25) is 10.1 Å². The largest absolute Gasteiger partial charge is 0.491 e. The number of anilines is 2. The van der Waals surface area contributed by atoms with Crippen LogP contribution in [0.2, 0.25) is 0 Å². The lowest BCUT2D eigenvalue weighted by molar-refractivity contribution is -0.383. The third-order valence-corrected chi connectivity index (χ3v) is 3.34. The van der Waals surface area contributed by atoms with Crippen molar-refractivity contribution in [2.75, 3.05) is 25.6 Å². The van der Waals surface area contributed by atoms with Gasteiger partial charge in [-0.25, -0.2) is 0 Å². The van der Waals surface area contributed by atoms with E-state index in [-0.39, 0.29) is 5.69 Å². The van der Waals surface area contributed by atoms with Crippen LogP contribution in [0.5, 0.6) is 5.75 Å². The summed E-state index contributed by atoms with van der Waals surface area (Å²) in [6.45, 7) is 0.991. The highest BCUT2D eigenvalue weighted by molar-refractivity contribution is 9.10. The normalized spacial score (nSPS) is 10.3. The molecule has 22 heavy (non-hydrogen) atoms. The fourth-order valence-corrected chi connectivity index (χ4v) is 2.16. The summed E-state index contributed by atoms with van der Waals surface area (Å²) in [4.78, 5) is 10.6. The number of rotatable bonds is 7. The first kappa shape index (κ1) is 16.3. The number of hydrogen-bond acceptors (Lipinski definition) is 5. The fraction of sp³-hybridized carbons (Fsp3) is 0.200. The number of nitrogens with one attached hydrogen (secondary N) is 1. The number of methoxy groups -OCH3 is 1. The third kappa shape index (κ3) is 4.44. The Kier molecular flexibility index (Phi) is 5.74. The van der Waals surface area contributed by atoms with E-state index in [1.807, 2.05) is 0 Å². The molecule has 0 radical (unpaired) electrons. The number of nitro benzene ring substituents is 1. The van der Waals surface area contributed by atoms with E-state index in [0.29, 0.717) is 24.7 Å². The number of nitrogens with zero attached hydrogens (tertiary/aromatic N) is 1. The molecule has 0 aliphatic carbocycles. The van der Waals surface area contributed by atoms with Gasteiger partial charge in [0.25, 0.3) is 5.69 Å². The van der Waals surface area contributed by atoms with Gasteiger partial charge in [-0.2, -0.15) is 0 Å². The SMILES string of the molecule is COCCOc1ccc(Nc2cc(Br)ccc2[N+](=O)[O-])cc1. The van der Waals surface area contributed by atoms with Gasteiger partial charge in [-0.05, 0) is 36.4 Å². The first-order valence-corrected chi connectivity index (χ1v) is 7.32. The molecule has 2 aromatic rings. The molecular weight excluding hydrogens is 352 g/mol. The zero-order valence-corrected chi connectivity index (χ0v) is 13.5. The Bertz CT molecular complexity index is 646. The van der Waals surface area contributed by atoms with Crippen LogP contribution in [-0.2, 0) is 4.74 Å². The van der Waals surface area contributed by atoms with E-state index in [0.717, 1.165) is 10.2 Å². The summed E-state index contributed by atoms with van der Waals surface area (Å²) < 4.78 is 11.1. The first-order valence-electron chi connectivity index (χ1n) is 6.53. The summed E-state index contributed by atoms with van der Waals surface area (Å²) in [7, 11) is 1.61. The molecule has 0 amide bonds. The van der Waals surface area contributed by atoms with Gasteiger partial charge in [-0.1, -0.05) is 15.9 Å². The molecule has 7 heteroatoms. The van der Waals surface area contributed by atoms with E-state index >= 15 is 0 Å². The van der Waals surface area contributed by atoms with E-state index in [9.17, 15) is 10.1 Å². The van der Waals surface area contributed by atoms with Crippen LogP contribution in [-0.4, -0.2) is 25.2 Å². The number of ether oxygens (including phenoxy) is 2. The minimum atomic E-state index is -0.420. The second kappa shape index (κ2) is 7.77. The second-order valence-electron chi connectivity index (χ2n) is 4.41. The van der Waals surface area contributed by atoms with Gasteiger partial charge in [0, 0.05) is 23.3 Å². The lowest BCUT2D eigenvalue weighted by atomic mass is 10.2. The quantitative estimate of drug-likeness (QED) is 0.453. The Morgan fingerprint density at radius 1 is 1.18 bits per heavy atom. The van der Waals surface area contributed by atoms with Crippen molar-refractivity contribution in [3.05, 3.63) is 57.1 Å². The predicted molar refractivity (Wildman–Crippen MR) is 87.9 cm³/mol. The molecule has 0 saturated carbocycles. The highest BCUT2D eigenvalue weighted by Gasteiger charge is 2.13. The first-order chi connectivity index (χ1) is 10.6. The van der Waals surface area contributed by atoms with Crippen molar-refractivity contribution < 1.29 is 14.4 Å². The smallest absolute Gasteiger partial charge is 0.292 e. The van der Waals surface area contributed by atoms with Crippen molar-refractivity contribution in [3.63, 3.8) is 0 Å². The molecule has 0 heterocycles. The molecule has 0 aliphatic rings. The Balaban J connectivity index is 2.11. The van der Waals surface area contributed by atoms with E-state index in [2.05, 4.69) is 21.2 Å². The average Bonchev–Trinajstić information content (AvgIpc) is 2.49. The summed E-state index contributed by atoms with van der Waals surface area (Å²) in [5.41, 5.74) is 1.18. The molecular formula is C15H15BrN2O4. The monoisotopic (exact) mass is 366 g/mol. The lowest BCUT2D eigenvalue weighted by Crippen LogP contribution is -2.04. The molecule has 6 nitrogen and oxygen atoms in total. The van der Waals surface area contributed by atoms with E-state index in [1.54, 1.807) is 43.5 Å². The number of benzene rings is 2. The van der Waals surface area contributed by atoms with Crippen molar-refractivity contribution >= 4 is 33.0 Å². The Morgan fingerprint density at radius 3 is 2.55 bits per heavy atom. The van der Waals surface area contributed by atoms with Crippen LogP contribution in [0.1, 0.15) is 0 Å². The standard InChI is InChI=1S/C15H15BrN2O4/c1-21-8-9-22-13-5-3-12(4-6-13)17-14-10-11(16)2-7-15(14)18(19)20/h2-7,10,17H,8-9H2,1H3. The highest BCUT2D eigenvalue weighted by Crippen LogP contribution is 2.31. The maximum absolute atomic E-state index is 11.0. The van der Waals surface area contributed by atoms with Crippen molar-refractivity contribution in [2.24, 2.45) is 0 Å². The van der Waals surface area contributed by atoms with Gasteiger partial charge in [0.15, 0.2) is 0 Å². The molecule has 0 aliphatic heterocycles. The zero-order chi connectivity index (χ0) is 15.9. The van der Waals surface area contributed by atoms with Crippen LogP contribution in [0.15, 0.2) is 46.9 Å². The van der Waals surface area contributed by atoms with Gasteiger partial charge >= 0.3 is 0 Å². The Labute approximate surface area is 136 Å². The summed E-state index contributed by atoms with van der Waals surface area (Å²) >= 11 is 3.31. The Hall–Kier alpha value is -2.12. The van der Waals surface area contributed by atoms with Crippen molar-refractivity contribution in [1.82, 2.24) is 0 Å². The van der Waals surface area contributed by atoms with Crippen LogP contribution in [0.4, 0.5) is 17.1 Å². The van der Waals surface area contributed by atoms with Gasteiger partial charge in [0.1, 0.15) is 18.0 Å². The molecule has 0 aromatic heterocycles. The maximum atomic E-state index is 11.0. The van der Waals surface area contributed by atoms with E-state index in [1.165, 1.54) is 6.07 Å². The fourth-order valence-electron chi connectivity index (χ4n) is 1.80. The molecule has 2 rings (SSSR count). The minimum absolute atomic E-state index is 0.0172. The topological polar surface area (TPSA) is 73.6 Å². The number of halogens is 1. The molecule has 0 atom stereocenters. The van der Waals surface area contributed by atoms with Gasteiger partial charge in [0.2, 0.25) is 0 Å². The van der Waals surface area contributed by atoms with Gasteiger partial charge < -0.3 is 14.8 Å². The molecule has 1 N–H and O–H groups in total. The van der Waals surface area contributed by atoms with Crippen LogP contribution in [0.3, 0.4) is 0 Å². The maximum Gasteiger partial charge on any atom is 0.292 e.